The zero-order chi connectivity index (χ0) is 14.7. The van der Waals surface area contributed by atoms with Crippen molar-refractivity contribution in [1.29, 1.82) is 0 Å². The summed E-state index contributed by atoms with van der Waals surface area (Å²) in [6.07, 6.45) is 0. The van der Waals surface area contributed by atoms with Crippen molar-refractivity contribution in [3.05, 3.63) is 58.6 Å². The first-order chi connectivity index (χ1) is 9.49. The normalized spacial score (nSPS) is 9.57. The fourth-order valence-corrected chi connectivity index (χ4v) is 1.89. The van der Waals surface area contributed by atoms with Gasteiger partial charge in [0.05, 0.1) is 17.2 Å². The van der Waals surface area contributed by atoms with Crippen molar-refractivity contribution in [1.82, 2.24) is 0 Å². The molecule has 2 N–H and O–H groups in total. The number of para-hydroxylation sites is 1. The van der Waals surface area contributed by atoms with Crippen molar-refractivity contribution in [3.8, 4) is 0 Å². The van der Waals surface area contributed by atoms with Gasteiger partial charge in [0, 0.05) is 16.3 Å². The van der Waals surface area contributed by atoms with Gasteiger partial charge in [-0.2, -0.15) is 0 Å². The molecule has 0 atom stereocenters. The first-order valence-corrected chi connectivity index (χ1v) is 5.97. The maximum Gasteiger partial charge on any atom is 1.00 e. The van der Waals surface area contributed by atoms with Crippen LogP contribution in [0.4, 0.5) is 11.4 Å². The third-order valence-electron chi connectivity index (χ3n) is 2.63. The summed E-state index contributed by atoms with van der Waals surface area (Å²) >= 11 is 5.82. The van der Waals surface area contributed by atoms with Gasteiger partial charge >= 0.3 is 35.5 Å². The van der Waals surface area contributed by atoms with Gasteiger partial charge in [0.2, 0.25) is 0 Å². The SMILES string of the molecule is O=C([O-])c1ccc(Cl)cc1Nc1ccccc1C(=O)O.[Na+]. The molecule has 2 rings (SSSR count). The Labute approximate surface area is 147 Å². The fourth-order valence-electron chi connectivity index (χ4n) is 1.72. The minimum absolute atomic E-state index is 0. The van der Waals surface area contributed by atoms with Gasteiger partial charge in [-0.15, -0.1) is 0 Å². The predicted molar refractivity (Wildman–Crippen MR) is 72.5 cm³/mol. The number of carbonyl (C=O) groups is 2. The third-order valence-corrected chi connectivity index (χ3v) is 2.86. The van der Waals surface area contributed by atoms with Crippen LogP contribution >= 0.6 is 11.6 Å². The van der Waals surface area contributed by atoms with Crippen LogP contribution in [0.2, 0.25) is 5.02 Å². The molecule has 0 radical (unpaired) electrons. The fraction of sp³-hybridized carbons (Fsp3) is 0. The summed E-state index contributed by atoms with van der Waals surface area (Å²) in [5.74, 6) is -2.50. The van der Waals surface area contributed by atoms with Crippen LogP contribution in [0.15, 0.2) is 42.5 Å². The second-order valence-electron chi connectivity index (χ2n) is 3.95. The Kier molecular flexibility index (Phi) is 6.23. The van der Waals surface area contributed by atoms with E-state index in [-0.39, 0.29) is 52.1 Å². The zero-order valence-electron chi connectivity index (χ0n) is 11.1. The van der Waals surface area contributed by atoms with Gasteiger partial charge in [0.15, 0.2) is 0 Å². The van der Waals surface area contributed by atoms with Crippen LogP contribution in [-0.4, -0.2) is 17.0 Å². The van der Waals surface area contributed by atoms with E-state index < -0.39 is 11.9 Å². The molecule has 102 valence electrons. The van der Waals surface area contributed by atoms with E-state index in [1.54, 1.807) is 12.1 Å². The van der Waals surface area contributed by atoms with Gasteiger partial charge in [-0.3, -0.25) is 0 Å². The molecule has 0 saturated heterocycles. The Morgan fingerprint density at radius 3 is 2.33 bits per heavy atom. The first-order valence-electron chi connectivity index (χ1n) is 5.59. The molecule has 0 spiro atoms. The molecule has 5 nitrogen and oxygen atoms in total. The quantitative estimate of drug-likeness (QED) is 0.718. The van der Waals surface area contributed by atoms with Crippen LogP contribution in [0.25, 0.3) is 0 Å². The number of nitrogens with one attached hydrogen (secondary N) is 1. The molecule has 0 unspecified atom stereocenters. The number of carboxylic acid groups (broad SMARTS) is 2. The standard InChI is InChI=1S/C14H10ClNO4.Na/c15-8-5-6-10(14(19)20)12(7-8)16-11-4-2-1-3-9(11)13(17)18;/h1-7,16H,(H,17,18)(H,19,20);/q;+1/p-1. The van der Waals surface area contributed by atoms with Gasteiger partial charge < -0.3 is 20.3 Å². The van der Waals surface area contributed by atoms with Crippen LogP contribution < -0.4 is 40.0 Å². The van der Waals surface area contributed by atoms with Crippen LogP contribution in [0, 0.1) is 0 Å². The number of hydrogen-bond acceptors (Lipinski definition) is 4. The molecule has 21 heavy (non-hydrogen) atoms. The molecule has 0 aliphatic rings. The molecule has 7 heteroatoms. The van der Waals surface area contributed by atoms with Crippen molar-refractivity contribution in [2.45, 2.75) is 0 Å². The molecule has 0 amide bonds. The van der Waals surface area contributed by atoms with E-state index in [9.17, 15) is 14.7 Å². The average Bonchev–Trinajstić information content (AvgIpc) is 2.38. The van der Waals surface area contributed by atoms with Crippen molar-refractivity contribution >= 4 is 34.9 Å². The van der Waals surface area contributed by atoms with Crippen LogP contribution in [0.5, 0.6) is 0 Å². The molecule has 0 fully saturated rings. The molecule has 0 aromatic heterocycles. The largest absolute Gasteiger partial charge is 1.00 e. The Balaban J connectivity index is 0.00000220. The predicted octanol–water partition coefficient (Wildman–Crippen LogP) is -0.851. The molecule has 0 heterocycles. The topological polar surface area (TPSA) is 89.5 Å². The minimum Gasteiger partial charge on any atom is -0.545 e. The number of aromatic carboxylic acids is 2. The summed E-state index contributed by atoms with van der Waals surface area (Å²) in [5.41, 5.74) is 0.363. The molecule has 0 aliphatic heterocycles. The van der Waals surface area contributed by atoms with Crippen molar-refractivity contribution in [2.75, 3.05) is 5.32 Å². The molecule has 0 saturated carbocycles. The number of anilines is 2. The maximum atomic E-state index is 11.1. The number of benzene rings is 2. The molecular weight excluding hydrogens is 305 g/mol. The molecule has 2 aromatic carbocycles. The summed E-state index contributed by atoms with van der Waals surface area (Å²) in [6.45, 7) is 0. The van der Waals surface area contributed by atoms with Crippen molar-refractivity contribution in [2.24, 2.45) is 0 Å². The zero-order valence-corrected chi connectivity index (χ0v) is 13.8. The number of carboxylic acids is 2. The van der Waals surface area contributed by atoms with Crippen molar-refractivity contribution in [3.63, 3.8) is 0 Å². The van der Waals surface area contributed by atoms with Gasteiger partial charge in [0.1, 0.15) is 0 Å². The van der Waals surface area contributed by atoms with E-state index in [1.165, 1.54) is 30.3 Å². The van der Waals surface area contributed by atoms with Crippen LogP contribution in [0.3, 0.4) is 0 Å². The number of carbonyl (C=O) groups excluding carboxylic acids is 1. The van der Waals surface area contributed by atoms with Crippen LogP contribution in [-0.2, 0) is 0 Å². The average molecular weight is 314 g/mol. The molecule has 0 bridgehead atoms. The van der Waals surface area contributed by atoms with E-state index in [0.717, 1.165) is 0 Å². The number of halogens is 1. The Bertz CT molecular complexity index is 690. The van der Waals surface area contributed by atoms with Gasteiger partial charge in [-0.05, 0) is 30.3 Å². The summed E-state index contributed by atoms with van der Waals surface area (Å²) in [4.78, 5) is 22.1. The van der Waals surface area contributed by atoms with Crippen LogP contribution in [0.1, 0.15) is 20.7 Å². The number of hydrogen-bond donors (Lipinski definition) is 2. The summed E-state index contributed by atoms with van der Waals surface area (Å²) in [5, 5.41) is 23.2. The van der Waals surface area contributed by atoms with E-state index in [2.05, 4.69) is 5.32 Å². The Hall–Kier alpha value is -1.53. The minimum atomic E-state index is -1.38. The molecule has 0 aliphatic carbocycles. The maximum absolute atomic E-state index is 11.1. The third kappa shape index (κ3) is 4.22. The second-order valence-corrected chi connectivity index (χ2v) is 4.39. The van der Waals surface area contributed by atoms with Gasteiger partial charge in [-0.1, -0.05) is 23.7 Å². The molecule has 2 aromatic rings. The monoisotopic (exact) mass is 313 g/mol. The Morgan fingerprint density at radius 2 is 1.71 bits per heavy atom. The van der Waals surface area contributed by atoms with Gasteiger partial charge in [-0.25, -0.2) is 4.79 Å². The number of rotatable bonds is 4. The Morgan fingerprint density at radius 1 is 1.05 bits per heavy atom. The van der Waals surface area contributed by atoms with E-state index in [1.807, 2.05) is 0 Å². The summed E-state index contributed by atoms with van der Waals surface area (Å²) < 4.78 is 0. The van der Waals surface area contributed by atoms with E-state index in [0.29, 0.717) is 5.02 Å². The van der Waals surface area contributed by atoms with E-state index in [4.69, 9.17) is 16.7 Å². The van der Waals surface area contributed by atoms with E-state index >= 15 is 0 Å². The summed E-state index contributed by atoms with van der Waals surface area (Å²) in [6, 6.07) is 10.3. The van der Waals surface area contributed by atoms with Crippen molar-refractivity contribution < 1.29 is 49.4 Å². The molecular formula is C14H9ClNNaO4. The van der Waals surface area contributed by atoms with Gasteiger partial charge in [0.25, 0.3) is 0 Å². The summed E-state index contributed by atoms with van der Waals surface area (Å²) in [7, 11) is 0. The first kappa shape index (κ1) is 17.5. The smallest absolute Gasteiger partial charge is 0.545 e. The second kappa shape index (κ2) is 7.47.